The number of benzene rings is 1. The van der Waals surface area contributed by atoms with E-state index in [-0.39, 0.29) is 5.91 Å². The monoisotopic (exact) mass is 265 g/mol. The van der Waals surface area contributed by atoms with Crippen LogP contribution in [0.1, 0.15) is 12.8 Å². The number of carbonyl (C=O) groups is 2. The molecular formula is C13H15NO5. The Balaban J connectivity index is 2.02. The second-order valence-corrected chi connectivity index (χ2v) is 4.17. The predicted octanol–water partition coefficient (Wildman–Crippen LogP) is 1.27. The minimum Gasteiger partial charge on any atom is -0.480 e. The highest BCUT2D eigenvalue weighted by Gasteiger charge is 2.24. The summed E-state index contributed by atoms with van der Waals surface area (Å²) in [6.45, 7) is 0.141. The smallest absolute Gasteiger partial charge is 0.341 e. The number of carbonyl (C=O) groups excluding carboxylic acids is 1. The summed E-state index contributed by atoms with van der Waals surface area (Å²) < 4.78 is 10.4. The molecular weight excluding hydrogens is 250 g/mol. The van der Waals surface area contributed by atoms with E-state index >= 15 is 0 Å². The van der Waals surface area contributed by atoms with Gasteiger partial charge in [-0.25, -0.2) is 4.79 Å². The molecule has 1 heterocycles. The van der Waals surface area contributed by atoms with Crippen molar-refractivity contribution < 1.29 is 24.2 Å². The topological polar surface area (TPSA) is 84.9 Å². The van der Waals surface area contributed by atoms with Gasteiger partial charge >= 0.3 is 5.97 Å². The normalized spacial score (nSPS) is 18.0. The summed E-state index contributed by atoms with van der Waals surface area (Å²) in [5, 5.41) is 11.3. The van der Waals surface area contributed by atoms with Gasteiger partial charge in [0.05, 0.1) is 5.69 Å². The summed E-state index contributed by atoms with van der Waals surface area (Å²) in [4.78, 5) is 22.4. The second kappa shape index (κ2) is 6.19. The zero-order valence-corrected chi connectivity index (χ0v) is 10.3. The van der Waals surface area contributed by atoms with E-state index in [0.29, 0.717) is 24.5 Å². The number of hydrogen-bond donors (Lipinski definition) is 2. The maximum atomic E-state index is 11.9. The van der Waals surface area contributed by atoms with Crippen LogP contribution < -0.4 is 10.1 Å². The molecule has 6 heteroatoms. The van der Waals surface area contributed by atoms with Crippen LogP contribution in [0.25, 0.3) is 0 Å². The first-order valence-corrected chi connectivity index (χ1v) is 6.03. The predicted molar refractivity (Wildman–Crippen MR) is 67.2 cm³/mol. The van der Waals surface area contributed by atoms with Crippen molar-refractivity contribution in [2.75, 3.05) is 18.5 Å². The Hall–Kier alpha value is -2.08. The largest absolute Gasteiger partial charge is 0.480 e. The first-order valence-electron chi connectivity index (χ1n) is 6.03. The number of ether oxygens (including phenoxy) is 2. The van der Waals surface area contributed by atoms with E-state index < -0.39 is 18.7 Å². The van der Waals surface area contributed by atoms with E-state index in [9.17, 15) is 9.59 Å². The lowest BCUT2D eigenvalue weighted by atomic mass is 10.2. The molecule has 1 aromatic rings. The van der Waals surface area contributed by atoms with Crippen molar-refractivity contribution in [3.05, 3.63) is 24.3 Å². The van der Waals surface area contributed by atoms with Crippen LogP contribution in [-0.4, -0.2) is 36.3 Å². The number of carboxylic acids is 1. The van der Waals surface area contributed by atoms with Crippen molar-refractivity contribution in [2.24, 2.45) is 0 Å². The summed E-state index contributed by atoms with van der Waals surface area (Å²) in [7, 11) is 0. The summed E-state index contributed by atoms with van der Waals surface area (Å²) in [6.07, 6.45) is 1.13. The first-order chi connectivity index (χ1) is 9.16. The molecule has 1 fully saturated rings. The maximum Gasteiger partial charge on any atom is 0.341 e. The van der Waals surface area contributed by atoms with Crippen molar-refractivity contribution >= 4 is 17.6 Å². The second-order valence-electron chi connectivity index (χ2n) is 4.17. The van der Waals surface area contributed by atoms with Crippen LogP contribution in [0.4, 0.5) is 5.69 Å². The van der Waals surface area contributed by atoms with Gasteiger partial charge in [0.2, 0.25) is 0 Å². The molecule has 1 amide bonds. The number of hydrogen-bond acceptors (Lipinski definition) is 4. The van der Waals surface area contributed by atoms with Crippen molar-refractivity contribution in [1.82, 2.24) is 0 Å². The Kier molecular flexibility index (Phi) is 4.35. The van der Waals surface area contributed by atoms with Gasteiger partial charge in [-0.2, -0.15) is 0 Å². The zero-order valence-electron chi connectivity index (χ0n) is 10.3. The van der Waals surface area contributed by atoms with E-state index in [1.165, 1.54) is 0 Å². The molecule has 0 aliphatic carbocycles. The first kappa shape index (κ1) is 13.4. The Labute approximate surface area is 110 Å². The van der Waals surface area contributed by atoms with Crippen LogP contribution in [-0.2, 0) is 14.3 Å². The third-order valence-corrected chi connectivity index (χ3v) is 2.72. The number of rotatable bonds is 5. The van der Waals surface area contributed by atoms with Gasteiger partial charge in [-0.3, -0.25) is 4.79 Å². The molecule has 0 spiro atoms. The molecule has 1 unspecified atom stereocenters. The summed E-state index contributed by atoms with van der Waals surface area (Å²) >= 11 is 0. The van der Waals surface area contributed by atoms with Gasteiger partial charge in [0, 0.05) is 6.61 Å². The lowest BCUT2D eigenvalue weighted by Gasteiger charge is -2.13. The van der Waals surface area contributed by atoms with Crippen molar-refractivity contribution in [3.8, 4) is 5.75 Å². The summed E-state index contributed by atoms with van der Waals surface area (Å²) in [6, 6.07) is 6.70. The zero-order chi connectivity index (χ0) is 13.7. The molecule has 0 bridgehead atoms. The molecule has 19 heavy (non-hydrogen) atoms. The van der Waals surface area contributed by atoms with Gasteiger partial charge in [0.25, 0.3) is 5.91 Å². The van der Waals surface area contributed by atoms with Crippen molar-refractivity contribution in [2.45, 2.75) is 18.9 Å². The van der Waals surface area contributed by atoms with E-state index in [2.05, 4.69) is 5.32 Å². The molecule has 102 valence electrons. The molecule has 0 saturated carbocycles. The van der Waals surface area contributed by atoms with Crippen LogP contribution in [0, 0.1) is 0 Å². The van der Waals surface area contributed by atoms with E-state index in [1.54, 1.807) is 24.3 Å². The molecule has 1 aliphatic rings. The highest BCUT2D eigenvalue weighted by atomic mass is 16.5. The third-order valence-electron chi connectivity index (χ3n) is 2.72. The Bertz CT molecular complexity index is 468. The molecule has 0 aromatic heterocycles. The highest BCUT2D eigenvalue weighted by molar-refractivity contribution is 5.95. The molecule has 2 rings (SSSR count). The lowest BCUT2D eigenvalue weighted by Crippen LogP contribution is -2.27. The molecule has 1 atom stereocenters. The summed E-state index contributed by atoms with van der Waals surface area (Å²) in [5.41, 5.74) is 0.448. The number of anilines is 1. The Morgan fingerprint density at radius 1 is 1.42 bits per heavy atom. The fraction of sp³-hybridized carbons (Fsp3) is 0.385. The molecule has 1 aliphatic heterocycles. The standard InChI is InChI=1S/C13H15NO5/c15-12(16)8-19-10-5-2-1-4-9(10)14-13(17)11-6-3-7-18-11/h1-2,4-5,11H,3,6-8H2,(H,14,17)(H,15,16). The van der Waals surface area contributed by atoms with Gasteiger partial charge in [-0.15, -0.1) is 0 Å². The third kappa shape index (κ3) is 3.69. The molecule has 2 N–H and O–H groups in total. The van der Waals surface area contributed by atoms with Crippen LogP contribution in [0.3, 0.4) is 0 Å². The lowest BCUT2D eigenvalue weighted by molar-refractivity contribution is -0.139. The Morgan fingerprint density at radius 2 is 2.21 bits per heavy atom. The fourth-order valence-corrected chi connectivity index (χ4v) is 1.83. The highest BCUT2D eigenvalue weighted by Crippen LogP contribution is 2.25. The van der Waals surface area contributed by atoms with E-state index in [0.717, 1.165) is 6.42 Å². The van der Waals surface area contributed by atoms with Gasteiger partial charge < -0.3 is 19.9 Å². The number of carboxylic acid groups (broad SMARTS) is 1. The molecule has 6 nitrogen and oxygen atoms in total. The average Bonchev–Trinajstić information content (AvgIpc) is 2.91. The molecule has 0 radical (unpaired) electrons. The average molecular weight is 265 g/mol. The van der Waals surface area contributed by atoms with Gasteiger partial charge in [-0.05, 0) is 25.0 Å². The fourth-order valence-electron chi connectivity index (χ4n) is 1.83. The quantitative estimate of drug-likeness (QED) is 0.837. The molecule has 1 aromatic carbocycles. The Morgan fingerprint density at radius 3 is 2.89 bits per heavy atom. The SMILES string of the molecule is O=C(O)COc1ccccc1NC(=O)C1CCCO1. The van der Waals surface area contributed by atoms with Crippen LogP contribution in [0.5, 0.6) is 5.75 Å². The van der Waals surface area contributed by atoms with Crippen LogP contribution >= 0.6 is 0 Å². The number of nitrogens with one attached hydrogen (secondary N) is 1. The van der Waals surface area contributed by atoms with Crippen LogP contribution in [0.2, 0.25) is 0 Å². The van der Waals surface area contributed by atoms with E-state index in [4.69, 9.17) is 14.6 Å². The van der Waals surface area contributed by atoms with Gasteiger partial charge in [0.15, 0.2) is 6.61 Å². The van der Waals surface area contributed by atoms with Gasteiger partial charge in [0.1, 0.15) is 11.9 Å². The number of aliphatic carboxylic acids is 1. The minimum absolute atomic E-state index is 0.233. The van der Waals surface area contributed by atoms with Crippen LogP contribution in [0.15, 0.2) is 24.3 Å². The van der Waals surface area contributed by atoms with Crippen molar-refractivity contribution in [3.63, 3.8) is 0 Å². The minimum atomic E-state index is -1.07. The number of para-hydroxylation sites is 2. The van der Waals surface area contributed by atoms with E-state index in [1.807, 2.05) is 0 Å². The van der Waals surface area contributed by atoms with Gasteiger partial charge in [-0.1, -0.05) is 12.1 Å². The maximum absolute atomic E-state index is 11.9. The van der Waals surface area contributed by atoms with Crippen molar-refractivity contribution in [1.29, 1.82) is 0 Å². The molecule has 1 saturated heterocycles. The number of amides is 1. The summed E-state index contributed by atoms with van der Waals surface area (Å²) in [5.74, 6) is -0.972.